The summed E-state index contributed by atoms with van der Waals surface area (Å²) in [6.45, 7) is 0. The zero-order valence-corrected chi connectivity index (χ0v) is 27.2. The molecule has 250 valence electrons. The van der Waals surface area contributed by atoms with Crippen molar-refractivity contribution >= 4 is 29.6 Å². The summed E-state index contributed by atoms with van der Waals surface area (Å²) in [5.74, 6) is 0.0405. The van der Waals surface area contributed by atoms with Crippen molar-refractivity contribution in [1.82, 2.24) is 15.3 Å². The number of halogens is 4. The van der Waals surface area contributed by atoms with Crippen LogP contribution in [0.25, 0.3) is 22.4 Å². The highest BCUT2D eigenvalue weighted by molar-refractivity contribution is 6.36. The van der Waals surface area contributed by atoms with Crippen molar-refractivity contribution in [3.05, 3.63) is 87.4 Å². The molecule has 2 aromatic heterocycles. The monoisotopic (exact) mass is 678 g/mol. The fraction of sp³-hybridized carbons (Fsp3) is 0.333. The minimum atomic E-state index is -4.74. The molecule has 0 spiro atoms. The molecule has 2 atom stereocenters. The second-order valence-electron chi connectivity index (χ2n) is 11.9. The number of ether oxygens (including phenoxy) is 2. The number of pyridine rings is 2. The number of methoxy groups -OCH3 is 2. The van der Waals surface area contributed by atoms with Crippen molar-refractivity contribution in [2.24, 2.45) is 0 Å². The minimum absolute atomic E-state index is 0.111. The Morgan fingerprint density at radius 1 is 0.979 bits per heavy atom. The number of alkyl halides is 3. The number of rotatable bonds is 11. The predicted octanol–water partition coefficient (Wildman–Crippen LogP) is 8.01. The third kappa shape index (κ3) is 6.69. The molecule has 2 aliphatic rings. The molecule has 3 heterocycles. The lowest BCUT2D eigenvalue weighted by atomic mass is 9.94. The molecular formula is C36H34ClF3N4O4. The molecule has 48 heavy (non-hydrogen) atoms. The highest BCUT2D eigenvalue weighted by Gasteiger charge is 2.37. The van der Waals surface area contributed by atoms with Gasteiger partial charge in [0.1, 0.15) is 5.82 Å². The average Bonchev–Trinajstić information content (AvgIpc) is 3.69. The number of nitrogens with zero attached hydrogens (tertiary/aromatic N) is 2. The Morgan fingerprint density at radius 2 is 1.73 bits per heavy atom. The van der Waals surface area contributed by atoms with Gasteiger partial charge in [0.2, 0.25) is 17.7 Å². The molecule has 0 unspecified atom stereocenters. The van der Waals surface area contributed by atoms with Crippen LogP contribution in [-0.4, -0.2) is 42.4 Å². The van der Waals surface area contributed by atoms with Gasteiger partial charge in [0.05, 0.1) is 42.1 Å². The van der Waals surface area contributed by atoms with E-state index >= 15 is 0 Å². The van der Waals surface area contributed by atoms with Crippen molar-refractivity contribution in [1.29, 1.82) is 0 Å². The molecule has 6 rings (SSSR count). The summed E-state index contributed by atoms with van der Waals surface area (Å²) in [4.78, 5) is 31.7. The van der Waals surface area contributed by atoms with Crippen molar-refractivity contribution in [2.45, 2.75) is 63.2 Å². The molecule has 1 aliphatic carbocycles. The number of aryl methyl sites for hydroxylation is 1. The number of carbonyl (C=O) groups excluding carboxylic acids is 2. The molecule has 8 nitrogen and oxygen atoms in total. The number of nitrogens with one attached hydrogen (secondary N) is 2. The van der Waals surface area contributed by atoms with Gasteiger partial charge >= 0.3 is 6.18 Å². The van der Waals surface area contributed by atoms with Gasteiger partial charge in [0.25, 0.3) is 0 Å². The average molecular weight is 679 g/mol. The molecule has 2 N–H and O–H groups in total. The van der Waals surface area contributed by atoms with E-state index in [2.05, 4.69) is 15.6 Å². The number of aldehydes is 1. The predicted molar refractivity (Wildman–Crippen MR) is 177 cm³/mol. The van der Waals surface area contributed by atoms with Crippen LogP contribution in [0.3, 0.4) is 0 Å². The lowest BCUT2D eigenvalue weighted by molar-refractivity contribution is -0.137. The molecule has 1 fully saturated rings. The minimum Gasteiger partial charge on any atom is -0.481 e. The molecule has 1 aliphatic heterocycles. The lowest BCUT2D eigenvalue weighted by Crippen LogP contribution is -2.25. The highest BCUT2D eigenvalue weighted by atomic mass is 35.5. The van der Waals surface area contributed by atoms with E-state index in [1.807, 2.05) is 48.5 Å². The van der Waals surface area contributed by atoms with E-state index in [1.165, 1.54) is 7.11 Å². The number of carbonyl (C=O) groups is 2. The molecular weight excluding hydrogens is 645 g/mol. The van der Waals surface area contributed by atoms with Crippen molar-refractivity contribution in [3.8, 4) is 34.1 Å². The SMILES string of the molecule is COc1nc(N[C@H]2CCc3c(-c4cccc(-c5ccc(CCC[C@@H]6CCC(=O)N6)c(OC)n5)c4Cl)cccc32)c(C(F)(F)F)cc1C=O. The zero-order chi connectivity index (χ0) is 34.0. The Morgan fingerprint density at radius 3 is 2.44 bits per heavy atom. The van der Waals surface area contributed by atoms with Gasteiger partial charge in [-0.25, -0.2) is 4.98 Å². The molecule has 0 saturated carbocycles. The third-order valence-corrected chi connectivity index (χ3v) is 9.41. The van der Waals surface area contributed by atoms with E-state index < -0.39 is 23.6 Å². The fourth-order valence-electron chi connectivity index (χ4n) is 6.66. The maximum atomic E-state index is 14.0. The van der Waals surface area contributed by atoms with Crippen LogP contribution in [0.1, 0.15) is 70.8 Å². The van der Waals surface area contributed by atoms with Gasteiger partial charge in [-0.15, -0.1) is 0 Å². The second-order valence-corrected chi connectivity index (χ2v) is 12.3. The number of benzene rings is 2. The molecule has 1 saturated heterocycles. The van der Waals surface area contributed by atoms with Gasteiger partial charge < -0.3 is 20.1 Å². The maximum absolute atomic E-state index is 14.0. The van der Waals surface area contributed by atoms with Crippen molar-refractivity contribution in [3.63, 3.8) is 0 Å². The molecule has 0 radical (unpaired) electrons. The highest BCUT2D eigenvalue weighted by Crippen LogP contribution is 2.45. The summed E-state index contributed by atoms with van der Waals surface area (Å²) in [6.07, 6.45) is 0.665. The topological polar surface area (TPSA) is 102 Å². The van der Waals surface area contributed by atoms with Crippen molar-refractivity contribution in [2.75, 3.05) is 19.5 Å². The largest absolute Gasteiger partial charge is 0.481 e. The normalized spacial score (nSPS) is 17.2. The van der Waals surface area contributed by atoms with E-state index in [0.717, 1.165) is 65.1 Å². The standard InChI is InChI=1S/C36H34ClF3N4O4/c1-47-34-20(6-3-7-22-13-17-31(46)41-22)12-15-30(43-34)27-11-5-10-26(32(27)37)23-8-4-9-25-24(23)14-16-29(25)42-33-28(36(38,39)40)18-21(19-45)35(44-33)48-2/h4-5,8-12,15,18-19,22,29H,3,6-7,13-14,16-17H2,1-2H3,(H,41,46)(H,42,44)/t22-,29+/m1/s1. The van der Waals surface area contributed by atoms with Gasteiger partial charge in [-0.05, 0) is 67.3 Å². The summed E-state index contributed by atoms with van der Waals surface area (Å²) < 4.78 is 52.7. The summed E-state index contributed by atoms with van der Waals surface area (Å²) >= 11 is 7.07. The van der Waals surface area contributed by atoms with Gasteiger partial charge in [-0.3, -0.25) is 9.59 Å². The first-order chi connectivity index (χ1) is 23.1. The van der Waals surface area contributed by atoms with Crippen LogP contribution in [0.2, 0.25) is 5.02 Å². The number of fused-ring (bicyclic) bond motifs is 1. The van der Waals surface area contributed by atoms with E-state index in [9.17, 15) is 22.8 Å². The molecule has 4 aromatic rings. The first-order valence-corrected chi connectivity index (χ1v) is 16.1. The van der Waals surface area contributed by atoms with Crippen LogP contribution in [0.15, 0.2) is 54.6 Å². The first-order valence-electron chi connectivity index (χ1n) is 15.7. The summed E-state index contributed by atoms with van der Waals surface area (Å²) in [5, 5.41) is 6.48. The third-order valence-electron chi connectivity index (χ3n) is 9.00. The first kappa shape index (κ1) is 33.3. The summed E-state index contributed by atoms with van der Waals surface area (Å²) in [7, 11) is 2.84. The number of hydrogen-bond donors (Lipinski definition) is 2. The van der Waals surface area contributed by atoms with E-state index in [1.54, 1.807) is 7.11 Å². The lowest BCUT2D eigenvalue weighted by Gasteiger charge is -2.20. The Kier molecular flexibility index (Phi) is 9.59. The Bertz CT molecular complexity index is 1870. The van der Waals surface area contributed by atoms with Gasteiger partial charge in [-0.2, -0.15) is 18.2 Å². The smallest absolute Gasteiger partial charge is 0.419 e. The van der Waals surface area contributed by atoms with Crippen LogP contribution in [0, 0.1) is 0 Å². The summed E-state index contributed by atoms with van der Waals surface area (Å²) in [6, 6.07) is 15.8. The second kappa shape index (κ2) is 13.8. The quantitative estimate of drug-likeness (QED) is 0.155. The maximum Gasteiger partial charge on any atom is 0.419 e. The molecule has 1 amide bonds. The van der Waals surface area contributed by atoms with Crippen LogP contribution in [-0.2, 0) is 23.8 Å². The van der Waals surface area contributed by atoms with E-state index in [-0.39, 0.29) is 23.4 Å². The number of hydrogen-bond acceptors (Lipinski definition) is 7. The van der Waals surface area contributed by atoms with Crippen LogP contribution < -0.4 is 20.1 Å². The number of amides is 1. The van der Waals surface area contributed by atoms with E-state index in [4.69, 9.17) is 26.1 Å². The molecule has 12 heteroatoms. The number of anilines is 1. The summed E-state index contributed by atoms with van der Waals surface area (Å²) in [5.41, 5.74) is 4.49. The Hall–Kier alpha value is -4.64. The molecule has 2 aromatic carbocycles. The zero-order valence-electron chi connectivity index (χ0n) is 26.4. The van der Waals surface area contributed by atoms with Gasteiger partial charge in [0, 0.05) is 29.2 Å². The Balaban J connectivity index is 1.27. The van der Waals surface area contributed by atoms with Crippen molar-refractivity contribution < 1.29 is 32.2 Å². The molecule has 0 bridgehead atoms. The van der Waals surface area contributed by atoms with Gasteiger partial charge in [-0.1, -0.05) is 54.1 Å². The van der Waals surface area contributed by atoms with Crippen LogP contribution in [0.4, 0.5) is 19.0 Å². The van der Waals surface area contributed by atoms with Gasteiger partial charge in [0.15, 0.2) is 6.29 Å². The van der Waals surface area contributed by atoms with Crippen LogP contribution in [0.5, 0.6) is 11.8 Å². The fourth-order valence-corrected chi connectivity index (χ4v) is 6.99. The van der Waals surface area contributed by atoms with E-state index in [0.29, 0.717) is 42.1 Å². The Labute approximate surface area is 281 Å². The number of aromatic nitrogens is 2. The van der Waals surface area contributed by atoms with Crippen LogP contribution >= 0.6 is 11.6 Å².